The summed E-state index contributed by atoms with van der Waals surface area (Å²) in [7, 11) is 0. The van der Waals surface area contributed by atoms with E-state index in [1.807, 2.05) is 0 Å². The standard InChI is InChI=1S/C11H23N/c1-10(2,3)6-9-7-11(4,5)12-8-9/h9,12H,6-8H2,1-5H3. The molecule has 0 radical (unpaired) electrons. The van der Waals surface area contributed by atoms with Gasteiger partial charge >= 0.3 is 0 Å². The number of nitrogens with one attached hydrogen (secondary N) is 1. The van der Waals surface area contributed by atoms with Crippen LogP contribution in [0.5, 0.6) is 0 Å². The van der Waals surface area contributed by atoms with Crippen molar-refractivity contribution in [1.29, 1.82) is 0 Å². The Balaban J connectivity index is 2.39. The van der Waals surface area contributed by atoms with Crippen LogP contribution in [0.15, 0.2) is 0 Å². The Morgan fingerprint density at radius 1 is 1.33 bits per heavy atom. The molecule has 0 bridgehead atoms. The van der Waals surface area contributed by atoms with Crippen LogP contribution in [-0.4, -0.2) is 12.1 Å². The van der Waals surface area contributed by atoms with Gasteiger partial charge in [0.1, 0.15) is 0 Å². The summed E-state index contributed by atoms with van der Waals surface area (Å²) in [5.41, 5.74) is 0.878. The maximum atomic E-state index is 3.57. The molecule has 0 aliphatic carbocycles. The van der Waals surface area contributed by atoms with Crippen LogP contribution in [0.2, 0.25) is 0 Å². The van der Waals surface area contributed by atoms with Crippen molar-refractivity contribution in [1.82, 2.24) is 5.32 Å². The van der Waals surface area contributed by atoms with Crippen molar-refractivity contribution < 1.29 is 0 Å². The van der Waals surface area contributed by atoms with Gasteiger partial charge in [-0.05, 0) is 44.6 Å². The summed E-state index contributed by atoms with van der Waals surface area (Å²) in [4.78, 5) is 0. The van der Waals surface area contributed by atoms with Gasteiger partial charge in [0.05, 0.1) is 0 Å². The van der Waals surface area contributed by atoms with E-state index < -0.39 is 0 Å². The van der Waals surface area contributed by atoms with Crippen LogP contribution in [0.4, 0.5) is 0 Å². The van der Waals surface area contributed by atoms with Crippen molar-refractivity contribution in [2.75, 3.05) is 6.54 Å². The Bertz CT molecular complexity index is 153. The highest BCUT2D eigenvalue weighted by molar-refractivity contribution is 4.90. The molecule has 12 heavy (non-hydrogen) atoms. The molecule has 1 atom stereocenters. The highest BCUT2D eigenvalue weighted by Crippen LogP contribution is 2.32. The molecule has 1 heterocycles. The molecule has 1 nitrogen and oxygen atoms in total. The summed E-state index contributed by atoms with van der Waals surface area (Å²) in [6.07, 6.45) is 2.69. The van der Waals surface area contributed by atoms with Gasteiger partial charge in [0.15, 0.2) is 0 Å². The van der Waals surface area contributed by atoms with Gasteiger partial charge in [0, 0.05) is 5.54 Å². The minimum absolute atomic E-state index is 0.385. The Morgan fingerprint density at radius 2 is 1.92 bits per heavy atom. The van der Waals surface area contributed by atoms with E-state index in [2.05, 4.69) is 39.9 Å². The largest absolute Gasteiger partial charge is 0.312 e. The summed E-state index contributed by atoms with van der Waals surface area (Å²) in [6.45, 7) is 12.8. The predicted octanol–water partition coefficient (Wildman–Crippen LogP) is 2.81. The second-order valence-electron chi connectivity index (χ2n) is 6.10. The van der Waals surface area contributed by atoms with Gasteiger partial charge in [0.25, 0.3) is 0 Å². The summed E-state index contributed by atoms with van der Waals surface area (Å²) < 4.78 is 0. The zero-order valence-corrected chi connectivity index (χ0v) is 9.20. The summed E-state index contributed by atoms with van der Waals surface area (Å²) >= 11 is 0. The molecule has 1 saturated heterocycles. The average molecular weight is 169 g/mol. The van der Waals surface area contributed by atoms with Crippen molar-refractivity contribution in [2.24, 2.45) is 11.3 Å². The van der Waals surface area contributed by atoms with Crippen LogP contribution in [0.3, 0.4) is 0 Å². The van der Waals surface area contributed by atoms with Gasteiger partial charge < -0.3 is 5.32 Å². The molecule has 1 fully saturated rings. The molecule has 0 saturated carbocycles. The SMILES string of the molecule is CC(C)(C)CC1CNC(C)(C)C1. The van der Waals surface area contributed by atoms with E-state index in [0.717, 1.165) is 5.92 Å². The molecule has 1 rings (SSSR count). The van der Waals surface area contributed by atoms with Crippen LogP contribution in [-0.2, 0) is 0 Å². The lowest BCUT2D eigenvalue weighted by atomic mass is 9.82. The molecule has 0 aromatic carbocycles. The minimum Gasteiger partial charge on any atom is -0.312 e. The Morgan fingerprint density at radius 3 is 2.25 bits per heavy atom. The van der Waals surface area contributed by atoms with E-state index in [1.54, 1.807) is 0 Å². The van der Waals surface area contributed by atoms with E-state index in [-0.39, 0.29) is 0 Å². The summed E-state index contributed by atoms with van der Waals surface area (Å²) in [5, 5.41) is 3.57. The third-order valence-electron chi connectivity index (χ3n) is 2.57. The van der Waals surface area contributed by atoms with Gasteiger partial charge in [-0.2, -0.15) is 0 Å². The molecule has 1 aliphatic rings. The van der Waals surface area contributed by atoms with E-state index in [1.165, 1.54) is 19.4 Å². The van der Waals surface area contributed by atoms with Crippen LogP contribution < -0.4 is 5.32 Å². The fourth-order valence-electron chi connectivity index (χ4n) is 2.30. The third kappa shape index (κ3) is 3.14. The molecule has 72 valence electrons. The molecular formula is C11H23N. The van der Waals surface area contributed by atoms with Gasteiger partial charge in [-0.25, -0.2) is 0 Å². The van der Waals surface area contributed by atoms with Crippen molar-refractivity contribution in [3.63, 3.8) is 0 Å². The number of rotatable bonds is 1. The van der Waals surface area contributed by atoms with Gasteiger partial charge in [-0.3, -0.25) is 0 Å². The molecule has 1 aliphatic heterocycles. The highest BCUT2D eigenvalue weighted by Gasteiger charge is 2.32. The molecule has 0 aromatic rings. The molecule has 1 heteroatoms. The van der Waals surface area contributed by atoms with Crippen molar-refractivity contribution in [3.05, 3.63) is 0 Å². The minimum atomic E-state index is 0.385. The number of hydrogen-bond donors (Lipinski definition) is 1. The van der Waals surface area contributed by atoms with Gasteiger partial charge in [-0.15, -0.1) is 0 Å². The lowest BCUT2D eigenvalue weighted by Crippen LogP contribution is -2.31. The van der Waals surface area contributed by atoms with Crippen molar-refractivity contribution >= 4 is 0 Å². The lowest BCUT2D eigenvalue weighted by molar-refractivity contribution is 0.298. The molecule has 1 unspecified atom stereocenters. The normalized spacial score (nSPS) is 29.2. The summed E-state index contributed by atoms with van der Waals surface area (Å²) in [5.74, 6) is 0.889. The highest BCUT2D eigenvalue weighted by atomic mass is 15.0. The Labute approximate surface area is 76.9 Å². The molecule has 0 aromatic heterocycles. The molecule has 1 N–H and O–H groups in total. The van der Waals surface area contributed by atoms with Crippen LogP contribution in [0.1, 0.15) is 47.5 Å². The van der Waals surface area contributed by atoms with Crippen LogP contribution >= 0.6 is 0 Å². The fraction of sp³-hybridized carbons (Fsp3) is 1.00. The van der Waals surface area contributed by atoms with Crippen LogP contribution in [0, 0.1) is 11.3 Å². The first-order valence-corrected chi connectivity index (χ1v) is 5.04. The van der Waals surface area contributed by atoms with E-state index in [9.17, 15) is 0 Å². The number of hydrogen-bond acceptors (Lipinski definition) is 1. The van der Waals surface area contributed by atoms with Crippen molar-refractivity contribution in [3.8, 4) is 0 Å². The third-order valence-corrected chi connectivity index (χ3v) is 2.57. The zero-order chi connectivity index (χ0) is 9.41. The first-order chi connectivity index (χ1) is 5.29. The fourth-order valence-corrected chi connectivity index (χ4v) is 2.30. The second-order valence-corrected chi connectivity index (χ2v) is 6.10. The van der Waals surface area contributed by atoms with E-state index in [4.69, 9.17) is 0 Å². The van der Waals surface area contributed by atoms with E-state index in [0.29, 0.717) is 11.0 Å². The topological polar surface area (TPSA) is 12.0 Å². The maximum absolute atomic E-state index is 3.57. The Kier molecular flexibility index (Phi) is 2.53. The molecule has 0 spiro atoms. The Hall–Kier alpha value is -0.0400. The lowest BCUT2D eigenvalue weighted by Gasteiger charge is -2.23. The monoisotopic (exact) mass is 169 g/mol. The summed E-state index contributed by atoms with van der Waals surface area (Å²) in [6, 6.07) is 0. The molecule has 0 amide bonds. The first-order valence-electron chi connectivity index (χ1n) is 5.04. The molecular weight excluding hydrogens is 146 g/mol. The quantitative estimate of drug-likeness (QED) is 0.636. The predicted molar refractivity (Wildman–Crippen MR) is 54.3 cm³/mol. The van der Waals surface area contributed by atoms with E-state index >= 15 is 0 Å². The first kappa shape index (κ1) is 10.0. The van der Waals surface area contributed by atoms with Gasteiger partial charge in [-0.1, -0.05) is 20.8 Å². The van der Waals surface area contributed by atoms with Gasteiger partial charge in [0.2, 0.25) is 0 Å². The van der Waals surface area contributed by atoms with Crippen LogP contribution in [0.25, 0.3) is 0 Å². The maximum Gasteiger partial charge on any atom is 0.0128 e. The second kappa shape index (κ2) is 3.02. The smallest absolute Gasteiger partial charge is 0.0128 e. The zero-order valence-electron chi connectivity index (χ0n) is 9.20. The average Bonchev–Trinajstić information content (AvgIpc) is 2.05. The van der Waals surface area contributed by atoms with Crippen molar-refractivity contribution in [2.45, 2.75) is 53.0 Å².